The summed E-state index contributed by atoms with van der Waals surface area (Å²) >= 11 is 1.65. The highest BCUT2D eigenvalue weighted by Crippen LogP contribution is 2.31. The number of nitrogens with one attached hydrogen (secondary N) is 2. The number of rotatable bonds is 7. The third-order valence-electron chi connectivity index (χ3n) is 4.54. The van der Waals surface area contributed by atoms with Crippen molar-refractivity contribution in [3.8, 4) is 5.75 Å². The molecule has 0 spiro atoms. The van der Waals surface area contributed by atoms with Gasteiger partial charge in [0.2, 0.25) is 5.91 Å². The van der Waals surface area contributed by atoms with Gasteiger partial charge in [0.05, 0.1) is 12.6 Å². The largest absolute Gasteiger partial charge is 0.493 e. The monoisotopic (exact) mass is 384 g/mol. The maximum Gasteiger partial charge on any atom is 0.251 e. The van der Waals surface area contributed by atoms with E-state index in [1.54, 1.807) is 23.9 Å². The first-order valence-corrected chi connectivity index (χ1v) is 10.5. The molecular formula is C21H24N2O3S. The fourth-order valence-corrected chi connectivity index (χ4v) is 3.57. The lowest BCUT2D eigenvalue weighted by atomic mass is 10.00. The van der Waals surface area contributed by atoms with Gasteiger partial charge in [-0.1, -0.05) is 36.4 Å². The number of carbonyl (C=O) groups is 2. The quantitative estimate of drug-likeness (QED) is 0.769. The maximum absolute atomic E-state index is 12.9. The molecule has 2 aromatic carbocycles. The van der Waals surface area contributed by atoms with Gasteiger partial charge < -0.3 is 15.4 Å². The molecular weight excluding hydrogens is 360 g/mol. The van der Waals surface area contributed by atoms with Gasteiger partial charge in [-0.15, -0.1) is 0 Å². The van der Waals surface area contributed by atoms with Crippen LogP contribution < -0.4 is 15.4 Å². The van der Waals surface area contributed by atoms with Crippen LogP contribution in [0.2, 0.25) is 0 Å². The molecule has 142 valence electrons. The van der Waals surface area contributed by atoms with Crippen molar-refractivity contribution in [2.24, 2.45) is 0 Å². The lowest BCUT2D eigenvalue weighted by Gasteiger charge is -2.28. The minimum atomic E-state index is -0.569. The first kappa shape index (κ1) is 19.3. The summed E-state index contributed by atoms with van der Waals surface area (Å²) in [5.41, 5.74) is 1.53. The lowest BCUT2D eigenvalue weighted by molar-refractivity contribution is -0.124. The average Bonchev–Trinajstić information content (AvgIpc) is 2.71. The summed E-state index contributed by atoms with van der Waals surface area (Å²) in [5, 5.41) is 5.98. The summed E-state index contributed by atoms with van der Waals surface area (Å²) in [6.45, 7) is 0.563. The van der Waals surface area contributed by atoms with Crippen molar-refractivity contribution in [3.05, 3.63) is 65.7 Å². The maximum atomic E-state index is 12.9. The smallest absolute Gasteiger partial charge is 0.251 e. The Morgan fingerprint density at radius 3 is 2.67 bits per heavy atom. The molecule has 6 heteroatoms. The van der Waals surface area contributed by atoms with Gasteiger partial charge >= 0.3 is 0 Å². The van der Waals surface area contributed by atoms with E-state index in [1.807, 2.05) is 48.7 Å². The molecule has 0 aliphatic carbocycles. The van der Waals surface area contributed by atoms with Crippen molar-refractivity contribution < 1.29 is 14.3 Å². The molecule has 1 aliphatic heterocycles. The number of fused-ring (bicyclic) bond motifs is 1. The molecule has 0 fully saturated rings. The van der Waals surface area contributed by atoms with Gasteiger partial charge in [0.15, 0.2) is 0 Å². The first-order chi connectivity index (χ1) is 13.2. The van der Waals surface area contributed by atoms with Crippen molar-refractivity contribution >= 4 is 23.6 Å². The van der Waals surface area contributed by atoms with Crippen LogP contribution >= 0.6 is 11.8 Å². The van der Waals surface area contributed by atoms with Crippen LogP contribution in [-0.2, 0) is 4.79 Å². The Hall–Kier alpha value is -2.47. The zero-order valence-electron chi connectivity index (χ0n) is 15.3. The lowest BCUT2D eigenvalue weighted by Crippen LogP contribution is -2.48. The zero-order valence-corrected chi connectivity index (χ0v) is 16.1. The first-order valence-electron chi connectivity index (χ1n) is 9.06. The molecule has 2 amide bonds. The van der Waals surface area contributed by atoms with Crippen LogP contribution in [0.25, 0.3) is 0 Å². The van der Waals surface area contributed by atoms with E-state index in [1.165, 1.54) is 0 Å². The summed E-state index contributed by atoms with van der Waals surface area (Å²) in [7, 11) is 0. The molecule has 5 nitrogen and oxygen atoms in total. The van der Waals surface area contributed by atoms with Crippen molar-refractivity contribution in [1.29, 1.82) is 0 Å². The standard InChI is InChI=1S/C21H24N2O3S/c1-27-14-12-18(23-20(24)15-7-3-2-4-8-15)21(25)22-17-11-13-26-19-10-6-5-9-16(17)19/h2-10,17-18H,11-14H2,1H3,(H,22,25)(H,23,24). The van der Waals surface area contributed by atoms with E-state index in [4.69, 9.17) is 4.74 Å². The minimum Gasteiger partial charge on any atom is -0.493 e. The molecule has 0 bridgehead atoms. The normalized spacial score (nSPS) is 16.6. The van der Waals surface area contributed by atoms with E-state index < -0.39 is 6.04 Å². The van der Waals surface area contributed by atoms with E-state index in [-0.39, 0.29) is 17.9 Å². The van der Waals surface area contributed by atoms with Crippen LogP contribution in [-0.4, -0.2) is 36.5 Å². The highest BCUT2D eigenvalue weighted by Gasteiger charge is 2.27. The molecule has 27 heavy (non-hydrogen) atoms. The van der Waals surface area contributed by atoms with Gasteiger partial charge in [0, 0.05) is 17.5 Å². The third-order valence-corrected chi connectivity index (χ3v) is 5.19. The van der Waals surface area contributed by atoms with Crippen molar-refractivity contribution in [3.63, 3.8) is 0 Å². The van der Waals surface area contributed by atoms with E-state index in [9.17, 15) is 9.59 Å². The van der Waals surface area contributed by atoms with E-state index in [0.717, 1.165) is 17.1 Å². The summed E-state index contributed by atoms with van der Waals surface area (Å²) in [6, 6.07) is 16.0. The van der Waals surface area contributed by atoms with E-state index in [2.05, 4.69) is 10.6 Å². The Morgan fingerprint density at radius 2 is 1.89 bits per heavy atom. The minimum absolute atomic E-state index is 0.104. The van der Waals surface area contributed by atoms with Crippen molar-refractivity contribution in [1.82, 2.24) is 10.6 Å². The number of thioether (sulfide) groups is 1. The number of hydrogen-bond acceptors (Lipinski definition) is 4. The van der Waals surface area contributed by atoms with Gasteiger partial charge in [-0.25, -0.2) is 0 Å². The number of amides is 2. The number of benzene rings is 2. The SMILES string of the molecule is CSCCC(NC(=O)c1ccccc1)C(=O)NC1CCOc2ccccc21. The fraction of sp³-hybridized carbons (Fsp3) is 0.333. The zero-order chi connectivity index (χ0) is 19.1. The van der Waals surface area contributed by atoms with Crippen LogP contribution in [0.1, 0.15) is 34.8 Å². The van der Waals surface area contributed by atoms with Crippen LogP contribution in [0.4, 0.5) is 0 Å². The van der Waals surface area contributed by atoms with E-state index >= 15 is 0 Å². The van der Waals surface area contributed by atoms with Crippen LogP contribution in [0.5, 0.6) is 5.75 Å². The van der Waals surface area contributed by atoms with Gasteiger partial charge in [0.1, 0.15) is 11.8 Å². The molecule has 0 aromatic heterocycles. The molecule has 2 aromatic rings. The van der Waals surface area contributed by atoms with Crippen LogP contribution in [0.15, 0.2) is 54.6 Å². The second kappa shape index (κ2) is 9.46. The summed E-state index contributed by atoms with van der Waals surface area (Å²) < 4.78 is 5.66. The van der Waals surface area contributed by atoms with E-state index in [0.29, 0.717) is 25.0 Å². The van der Waals surface area contributed by atoms with Gasteiger partial charge in [-0.2, -0.15) is 11.8 Å². The van der Waals surface area contributed by atoms with Crippen LogP contribution in [0, 0.1) is 0 Å². The molecule has 1 heterocycles. The predicted octanol–water partition coefficient (Wildman–Crippen LogP) is 3.18. The van der Waals surface area contributed by atoms with Crippen LogP contribution in [0.3, 0.4) is 0 Å². The highest BCUT2D eigenvalue weighted by molar-refractivity contribution is 7.98. The number of carbonyl (C=O) groups excluding carboxylic acids is 2. The molecule has 1 aliphatic rings. The van der Waals surface area contributed by atoms with Crippen molar-refractivity contribution in [2.45, 2.75) is 24.9 Å². The number of ether oxygens (including phenoxy) is 1. The summed E-state index contributed by atoms with van der Waals surface area (Å²) in [6.07, 6.45) is 3.28. The Balaban J connectivity index is 1.69. The third kappa shape index (κ3) is 5.04. The fourth-order valence-electron chi connectivity index (χ4n) is 3.10. The molecule has 2 atom stereocenters. The second-order valence-electron chi connectivity index (χ2n) is 6.41. The predicted molar refractivity (Wildman–Crippen MR) is 108 cm³/mol. The molecule has 0 radical (unpaired) electrons. The molecule has 2 unspecified atom stereocenters. The Bertz CT molecular complexity index is 782. The van der Waals surface area contributed by atoms with Gasteiger partial charge in [0.25, 0.3) is 5.91 Å². The second-order valence-corrected chi connectivity index (χ2v) is 7.40. The number of hydrogen-bond donors (Lipinski definition) is 2. The Labute approximate surface area is 163 Å². The molecule has 3 rings (SSSR count). The molecule has 2 N–H and O–H groups in total. The van der Waals surface area contributed by atoms with Gasteiger partial charge in [-0.05, 0) is 36.6 Å². The molecule has 0 saturated heterocycles. The van der Waals surface area contributed by atoms with Crippen molar-refractivity contribution in [2.75, 3.05) is 18.6 Å². The molecule has 0 saturated carbocycles. The number of para-hydroxylation sites is 1. The topological polar surface area (TPSA) is 67.4 Å². The Morgan fingerprint density at radius 1 is 1.15 bits per heavy atom. The average molecular weight is 385 g/mol. The highest BCUT2D eigenvalue weighted by atomic mass is 32.2. The summed E-state index contributed by atoms with van der Waals surface area (Å²) in [4.78, 5) is 25.4. The van der Waals surface area contributed by atoms with Gasteiger partial charge in [-0.3, -0.25) is 9.59 Å². The Kier molecular flexibility index (Phi) is 6.76. The summed E-state index contributed by atoms with van der Waals surface area (Å²) in [5.74, 6) is 1.21.